The molecule has 0 aromatic heterocycles. The first-order chi connectivity index (χ1) is 13.3. The first kappa shape index (κ1) is 22.9. The van der Waals surface area contributed by atoms with Crippen molar-refractivity contribution in [1.29, 1.82) is 5.26 Å². The second-order valence-electron chi connectivity index (χ2n) is 9.29. The number of hydrogen-bond acceptors (Lipinski definition) is 3. The zero-order valence-corrected chi connectivity index (χ0v) is 19.0. The van der Waals surface area contributed by atoms with Gasteiger partial charge in [-0.3, -0.25) is 0 Å². The smallest absolute Gasteiger partial charge is 0.0946 e. The zero-order valence-electron chi connectivity index (χ0n) is 19.0. The molecule has 1 N–H and O–H groups in total. The van der Waals surface area contributed by atoms with Crippen LogP contribution in [0.1, 0.15) is 66.2 Å². The maximum atomic E-state index is 9.55. The van der Waals surface area contributed by atoms with Gasteiger partial charge in [0.05, 0.1) is 6.07 Å². The Morgan fingerprint density at radius 2 is 1.96 bits per heavy atom. The van der Waals surface area contributed by atoms with Gasteiger partial charge in [0.2, 0.25) is 0 Å². The van der Waals surface area contributed by atoms with E-state index in [1.165, 1.54) is 36.8 Å². The van der Waals surface area contributed by atoms with Crippen LogP contribution in [0.2, 0.25) is 0 Å². The van der Waals surface area contributed by atoms with E-state index in [0.29, 0.717) is 23.8 Å². The third kappa shape index (κ3) is 6.33. The normalized spacial score (nSPS) is 30.3. The zero-order chi connectivity index (χ0) is 20.7. The molecule has 3 nitrogen and oxygen atoms in total. The highest BCUT2D eigenvalue weighted by Gasteiger charge is 2.24. The van der Waals surface area contributed by atoms with E-state index < -0.39 is 0 Å². The van der Waals surface area contributed by atoms with Crippen LogP contribution in [0.3, 0.4) is 0 Å². The maximum Gasteiger partial charge on any atom is 0.0946 e. The van der Waals surface area contributed by atoms with E-state index in [0.717, 1.165) is 31.0 Å². The number of rotatable bonds is 7. The Balaban J connectivity index is 1.94. The first-order valence-electron chi connectivity index (χ1n) is 11.2. The Morgan fingerprint density at radius 1 is 1.29 bits per heavy atom. The van der Waals surface area contributed by atoms with Crippen molar-refractivity contribution in [2.75, 3.05) is 20.6 Å². The van der Waals surface area contributed by atoms with Crippen LogP contribution in [-0.4, -0.2) is 37.6 Å². The summed E-state index contributed by atoms with van der Waals surface area (Å²) in [6.45, 7) is 9.88. The minimum absolute atomic E-state index is 0.350. The summed E-state index contributed by atoms with van der Waals surface area (Å²) < 4.78 is 0. The molecule has 28 heavy (non-hydrogen) atoms. The molecule has 0 amide bonds. The lowest BCUT2D eigenvalue weighted by Crippen LogP contribution is -2.40. The molecular formula is C25H41N3. The van der Waals surface area contributed by atoms with Crippen LogP contribution < -0.4 is 5.32 Å². The molecule has 0 aromatic carbocycles. The molecule has 3 atom stereocenters. The highest BCUT2D eigenvalue weighted by molar-refractivity contribution is 5.32. The Kier molecular flexibility index (Phi) is 8.99. The van der Waals surface area contributed by atoms with Crippen molar-refractivity contribution < 1.29 is 0 Å². The summed E-state index contributed by atoms with van der Waals surface area (Å²) in [4.78, 5) is 2.38. The van der Waals surface area contributed by atoms with Gasteiger partial charge in [0, 0.05) is 24.2 Å². The second-order valence-corrected chi connectivity index (χ2v) is 9.29. The quantitative estimate of drug-likeness (QED) is 0.592. The number of hydrogen-bond donors (Lipinski definition) is 1. The van der Waals surface area contributed by atoms with Gasteiger partial charge >= 0.3 is 0 Å². The average molecular weight is 384 g/mol. The van der Waals surface area contributed by atoms with E-state index in [1.54, 1.807) is 0 Å². The van der Waals surface area contributed by atoms with E-state index >= 15 is 0 Å². The van der Waals surface area contributed by atoms with Crippen LogP contribution in [0.4, 0.5) is 0 Å². The van der Waals surface area contributed by atoms with E-state index in [2.05, 4.69) is 76.3 Å². The summed E-state index contributed by atoms with van der Waals surface area (Å²) in [7, 11) is 4.41. The summed E-state index contributed by atoms with van der Waals surface area (Å²) in [5.74, 6) is 1.27. The lowest BCUT2D eigenvalue weighted by Gasteiger charge is -2.33. The molecule has 0 aromatic rings. The molecule has 0 bridgehead atoms. The third-order valence-corrected chi connectivity index (χ3v) is 7.06. The van der Waals surface area contributed by atoms with Crippen molar-refractivity contribution in [1.82, 2.24) is 10.2 Å². The van der Waals surface area contributed by atoms with Gasteiger partial charge in [-0.15, -0.1) is 0 Å². The van der Waals surface area contributed by atoms with Gasteiger partial charge in [0.15, 0.2) is 0 Å². The summed E-state index contributed by atoms with van der Waals surface area (Å²) in [5, 5.41) is 13.4. The van der Waals surface area contributed by atoms with Gasteiger partial charge in [-0.25, -0.2) is 0 Å². The van der Waals surface area contributed by atoms with Crippen LogP contribution in [0.25, 0.3) is 0 Å². The third-order valence-electron chi connectivity index (χ3n) is 7.06. The molecule has 1 saturated carbocycles. The Hall–Kier alpha value is -1.37. The van der Waals surface area contributed by atoms with Crippen LogP contribution in [0.15, 0.2) is 34.9 Å². The van der Waals surface area contributed by atoms with Crippen molar-refractivity contribution in [2.45, 2.75) is 78.3 Å². The van der Waals surface area contributed by atoms with Crippen LogP contribution >= 0.6 is 0 Å². The highest BCUT2D eigenvalue weighted by Crippen LogP contribution is 2.31. The van der Waals surface area contributed by atoms with E-state index in [9.17, 15) is 5.26 Å². The maximum absolute atomic E-state index is 9.55. The molecular weight excluding hydrogens is 342 g/mol. The SMILES string of the molecule is CC[C@@H](C)/C(C#N)=C\C1CC(C)C(CNC2CCC(N(C)C)CC2)=CC=C1C. The molecule has 0 saturated heterocycles. The number of nitrogens with zero attached hydrogens (tertiary/aromatic N) is 2. The first-order valence-corrected chi connectivity index (χ1v) is 11.2. The monoisotopic (exact) mass is 383 g/mol. The molecule has 3 heteroatoms. The Labute approximate surface area is 173 Å². The fourth-order valence-electron chi connectivity index (χ4n) is 4.48. The molecule has 2 aliphatic carbocycles. The molecule has 2 rings (SSSR count). The fraction of sp³-hybridized carbons (Fsp3) is 0.720. The van der Waals surface area contributed by atoms with Gasteiger partial charge in [0.1, 0.15) is 0 Å². The summed E-state index contributed by atoms with van der Waals surface area (Å²) >= 11 is 0. The standard InChI is InChI=1S/C25H41N3/c1-7-18(2)23(16-26)15-22-14-20(4)21(9-8-19(22)3)17-27-24-10-12-25(13-11-24)28(5)6/h8-9,15,18,20,22,24-25,27H,7,10-14,17H2,1-6H3/b23-15-/t18-,20?,22?,24?,25?/m1/s1. The molecule has 156 valence electrons. The van der Waals surface area contributed by atoms with Crippen LogP contribution in [0, 0.1) is 29.1 Å². The van der Waals surface area contributed by atoms with Crippen molar-refractivity contribution in [3.8, 4) is 6.07 Å². The van der Waals surface area contributed by atoms with Gasteiger partial charge in [-0.05, 0) is 77.3 Å². The van der Waals surface area contributed by atoms with Gasteiger partial charge in [-0.1, -0.05) is 50.1 Å². The summed E-state index contributed by atoms with van der Waals surface area (Å²) in [6, 6.07) is 3.86. The van der Waals surface area contributed by atoms with Crippen molar-refractivity contribution in [3.05, 3.63) is 34.9 Å². The summed E-state index contributed by atoms with van der Waals surface area (Å²) in [6.07, 6.45) is 14.2. The minimum Gasteiger partial charge on any atom is -0.310 e. The van der Waals surface area contributed by atoms with Crippen molar-refractivity contribution in [3.63, 3.8) is 0 Å². The van der Waals surface area contributed by atoms with Gasteiger partial charge in [-0.2, -0.15) is 5.26 Å². The number of nitrogens with one attached hydrogen (secondary N) is 1. The largest absolute Gasteiger partial charge is 0.310 e. The molecule has 1 fully saturated rings. The topological polar surface area (TPSA) is 39.1 Å². The average Bonchev–Trinajstić information content (AvgIpc) is 2.82. The van der Waals surface area contributed by atoms with Gasteiger partial charge < -0.3 is 10.2 Å². The predicted octanol–water partition coefficient (Wildman–Crippen LogP) is 5.47. The fourth-order valence-corrected chi connectivity index (χ4v) is 4.48. The molecule has 0 radical (unpaired) electrons. The van der Waals surface area contributed by atoms with Crippen LogP contribution in [-0.2, 0) is 0 Å². The highest BCUT2D eigenvalue weighted by atomic mass is 15.1. The van der Waals surface area contributed by atoms with Crippen molar-refractivity contribution >= 4 is 0 Å². The predicted molar refractivity (Wildman–Crippen MR) is 120 cm³/mol. The lowest BCUT2D eigenvalue weighted by molar-refractivity contribution is 0.205. The molecule has 0 heterocycles. The number of nitriles is 1. The Bertz CT molecular complexity index is 627. The number of allylic oxidation sites excluding steroid dienone is 5. The molecule has 2 unspecified atom stereocenters. The van der Waals surface area contributed by atoms with Crippen molar-refractivity contribution in [2.24, 2.45) is 17.8 Å². The Morgan fingerprint density at radius 3 is 2.54 bits per heavy atom. The van der Waals surface area contributed by atoms with Crippen LogP contribution in [0.5, 0.6) is 0 Å². The van der Waals surface area contributed by atoms with E-state index in [-0.39, 0.29) is 0 Å². The lowest BCUT2D eigenvalue weighted by atomic mass is 9.85. The molecule has 2 aliphatic rings. The van der Waals surface area contributed by atoms with Gasteiger partial charge in [0.25, 0.3) is 0 Å². The van der Waals surface area contributed by atoms with E-state index in [4.69, 9.17) is 0 Å². The van der Waals surface area contributed by atoms with E-state index in [1.807, 2.05) is 0 Å². The molecule has 0 spiro atoms. The molecule has 0 aliphatic heterocycles. The second kappa shape index (κ2) is 11.0. The minimum atomic E-state index is 0.350. The summed E-state index contributed by atoms with van der Waals surface area (Å²) in [5.41, 5.74) is 3.84.